The lowest BCUT2D eigenvalue weighted by Gasteiger charge is -2.18. The Kier molecular flexibility index (Phi) is 3.72. The van der Waals surface area contributed by atoms with Crippen LogP contribution < -0.4 is 5.32 Å². The number of hydrogen-bond donors (Lipinski definition) is 2. The molecular formula is C12H14F3NO3S. The Hall–Kier alpha value is -1.28. The molecule has 2 N–H and O–H groups in total. The highest BCUT2D eigenvalue weighted by atomic mass is 32.2. The normalized spacial score (nSPS) is 25.6. The molecule has 1 aliphatic heterocycles. The van der Waals surface area contributed by atoms with Crippen molar-refractivity contribution in [1.82, 2.24) is 0 Å². The predicted molar refractivity (Wildman–Crippen MR) is 68.3 cm³/mol. The third-order valence-corrected chi connectivity index (χ3v) is 4.93. The van der Waals surface area contributed by atoms with Crippen LogP contribution in [0.25, 0.3) is 0 Å². The molecule has 0 saturated carbocycles. The highest BCUT2D eigenvalue weighted by molar-refractivity contribution is 7.91. The average Bonchev–Trinajstić information content (AvgIpc) is 2.53. The first-order valence-electron chi connectivity index (χ1n) is 5.91. The van der Waals surface area contributed by atoms with Gasteiger partial charge in [0.05, 0.1) is 29.2 Å². The van der Waals surface area contributed by atoms with E-state index in [0.29, 0.717) is 0 Å². The van der Waals surface area contributed by atoms with Gasteiger partial charge in [-0.15, -0.1) is 0 Å². The molecule has 0 aliphatic carbocycles. The van der Waals surface area contributed by atoms with E-state index in [2.05, 4.69) is 5.32 Å². The molecule has 1 aromatic carbocycles. The van der Waals surface area contributed by atoms with Crippen LogP contribution in [0, 0.1) is 6.92 Å². The van der Waals surface area contributed by atoms with Gasteiger partial charge in [-0.25, -0.2) is 8.42 Å². The summed E-state index contributed by atoms with van der Waals surface area (Å²) in [4.78, 5) is 0. The molecule has 0 amide bonds. The largest absolute Gasteiger partial charge is 0.416 e. The minimum Gasteiger partial charge on any atom is -0.390 e. The summed E-state index contributed by atoms with van der Waals surface area (Å²) in [6.07, 6.45) is -5.59. The molecule has 8 heteroatoms. The minimum atomic E-state index is -4.47. The van der Waals surface area contributed by atoms with Gasteiger partial charge < -0.3 is 10.4 Å². The molecule has 1 saturated heterocycles. The second-order valence-electron chi connectivity index (χ2n) is 4.92. The zero-order chi connectivity index (χ0) is 15.1. The Balaban J connectivity index is 2.23. The number of sulfone groups is 1. The van der Waals surface area contributed by atoms with Crippen LogP contribution in [0.5, 0.6) is 0 Å². The van der Waals surface area contributed by atoms with Crippen molar-refractivity contribution >= 4 is 15.5 Å². The lowest BCUT2D eigenvalue weighted by Crippen LogP contribution is -2.31. The highest BCUT2D eigenvalue weighted by Gasteiger charge is 2.37. The van der Waals surface area contributed by atoms with E-state index in [9.17, 15) is 26.7 Å². The molecule has 2 atom stereocenters. The van der Waals surface area contributed by atoms with Gasteiger partial charge in [0.15, 0.2) is 9.84 Å². The van der Waals surface area contributed by atoms with Crippen LogP contribution in [-0.2, 0) is 16.0 Å². The minimum absolute atomic E-state index is 0.0858. The lowest BCUT2D eigenvalue weighted by atomic mass is 10.1. The van der Waals surface area contributed by atoms with Crippen molar-refractivity contribution in [2.75, 3.05) is 16.8 Å². The molecule has 1 aromatic rings. The molecule has 0 bridgehead atoms. The molecule has 0 radical (unpaired) electrons. The number of aliphatic hydroxyl groups is 1. The van der Waals surface area contributed by atoms with Crippen LogP contribution >= 0.6 is 0 Å². The third-order valence-electron chi connectivity index (χ3n) is 3.22. The van der Waals surface area contributed by atoms with E-state index in [4.69, 9.17) is 0 Å². The number of rotatable bonds is 2. The van der Waals surface area contributed by atoms with Crippen molar-refractivity contribution in [1.29, 1.82) is 0 Å². The van der Waals surface area contributed by atoms with Crippen LogP contribution in [0.2, 0.25) is 0 Å². The van der Waals surface area contributed by atoms with Crippen molar-refractivity contribution in [2.24, 2.45) is 0 Å². The molecule has 0 aromatic heterocycles. The summed E-state index contributed by atoms with van der Waals surface area (Å²) in [5, 5.41) is 12.3. The molecule has 4 nitrogen and oxygen atoms in total. The van der Waals surface area contributed by atoms with Crippen molar-refractivity contribution < 1.29 is 26.7 Å². The van der Waals surface area contributed by atoms with Crippen LogP contribution in [0.1, 0.15) is 11.1 Å². The van der Waals surface area contributed by atoms with Crippen molar-refractivity contribution in [2.45, 2.75) is 25.2 Å². The summed E-state index contributed by atoms with van der Waals surface area (Å²) < 4.78 is 61.0. The van der Waals surface area contributed by atoms with Crippen LogP contribution in [0.4, 0.5) is 18.9 Å². The first kappa shape index (κ1) is 15.1. The zero-order valence-corrected chi connectivity index (χ0v) is 11.4. The number of alkyl halides is 3. The lowest BCUT2D eigenvalue weighted by molar-refractivity contribution is -0.138. The van der Waals surface area contributed by atoms with E-state index >= 15 is 0 Å². The van der Waals surface area contributed by atoms with Gasteiger partial charge >= 0.3 is 6.18 Å². The third kappa shape index (κ3) is 3.24. The van der Waals surface area contributed by atoms with E-state index < -0.39 is 33.7 Å². The number of benzene rings is 1. The standard InChI is InChI=1S/C12H14F3NO3S/c1-7-2-3-8(4-9(7)12(13,14)15)16-10-5-20(18,19)6-11(10)17/h2-4,10-11,16-17H,5-6H2,1H3. The quantitative estimate of drug-likeness (QED) is 0.870. The van der Waals surface area contributed by atoms with Crippen molar-refractivity contribution in [3.8, 4) is 0 Å². The summed E-state index contributed by atoms with van der Waals surface area (Å²) in [6.45, 7) is 1.35. The van der Waals surface area contributed by atoms with E-state index in [1.54, 1.807) is 0 Å². The Labute approximate surface area is 114 Å². The first-order valence-corrected chi connectivity index (χ1v) is 7.73. The Morgan fingerprint density at radius 1 is 1.30 bits per heavy atom. The summed E-state index contributed by atoms with van der Waals surface area (Å²) in [5.41, 5.74) is -0.551. The number of aryl methyl sites for hydroxylation is 1. The molecule has 1 aliphatic rings. The number of hydrogen-bond acceptors (Lipinski definition) is 4. The Morgan fingerprint density at radius 2 is 1.95 bits per heavy atom. The number of aliphatic hydroxyl groups excluding tert-OH is 1. The number of nitrogens with one attached hydrogen (secondary N) is 1. The van der Waals surface area contributed by atoms with Gasteiger partial charge in [0.2, 0.25) is 0 Å². The SMILES string of the molecule is Cc1ccc(NC2CS(=O)(=O)CC2O)cc1C(F)(F)F. The van der Waals surface area contributed by atoms with Gasteiger partial charge in [-0.05, 0) is 24.6 Å². The molecule has 1 fully saturated rings. The smallest absolute Gasteiger partial charge is 0.390 e. The van der Waals surface area contributed by atoms with E-state index in [-0.39, 0.29) is 22.8 Å². The van der Waals surface area contributed by atoms with Crippen LogP contribution in [0.3, 0.4) is 0 Å². The maximum Gasteiger partial charge on any atom is 0.416 e. The monoisotopic (exact) mass is 309 g/mol. The summed E-state index contributed by atoms with van der Waals surface area (Å²) in [5.74, 6) is -0.661. The molecular weight excluding hydrogens is 295 g/mol. The zero-order valence-electron chi connectivity index (χ0n) is 10.6. The maximum atomic E-state index is 12.8. The maximum absolute atomic E-state index is 12.8. The van der Waals surface area contributed by atoms with Gasteiger partial charge in [-0.1, -0.05) is 6.07 Å². The van der Waals surface area contributed by atoms with Crippen LogP contribution in [0.15, 0.2) is 18.2 Å². The molecule has 2 rings (SSSR count). The van der Waals surface area contributed by atoms with E-state index in [0.717, 1.165) is 6.07 Å². The van der Waals surface area contributed by atoms with Gasteiger partial charge in [-0.3, -0.25) is 0 Å². The first-order chi connectivity index (χ1) is 9.08. The van der Waals surface area contributed by atoms with Crippen LogP contribution in [-0.4, -0.2) is 37.2 Å². The van der Waals surface area contributed by atoms with Gasteiger partial charge in [-0.2, -0.15) is 13.2 Å². The Bertz CT molecular complexity index is 613. The summed E-state index contributed by atoms with van der Waals surface area (Å²) in [6, 6.07) is 2.87. The molecule has 2 unspecified atom stereocenters. The van der Waals surface area contributed by atoms with Crippen molar-refractivity contribution in [3.05, 3.63) is 29.3 Å². The molecule has 0 spiro atoms. The summed E-state index contributed by atoms with van der Waals surface area (Å²) in [7, 11) is -3.35. The van der Waals surface area contributed by atoms with Gasteiger partial charge in [0.1, 0.15) is 0 Å². The fraction of sp³-hybridized carbons (Fsp3) is 0.500. The average molecular weight is 309 g/mol. The second-order valence-corrected chi connectivity index (χ2v) is 7.08. The fourth-order valence-corrected chi connectivity index (χ4v) is 3.94. The Morgan fingerprint density at radius 3 is 2.45 bits per heavy atom. The predicted octanol–water partition coefficient (Wildman–Crippen LogP) is 1.58. The van der Waals surface area contributed by atoms with E-state index in [1.807, 2.05) is 0 Å². The molecule has 112 valence electrons. The summed E-state index contributed by atoms with van der Waals surface area (Å²) >= 11 is 0. The number of anilines is 1. The fourth-order valence-electron chi connectivity index (χ4n) is 2.20. The number of halogens is 3. The topological polar surface area (TPSA) is 66.4 Å². The molecule has 1 heterocycles. The van der Waals surface area contributed by atoms with Gasteiger partial charge in [0, 0.05) is 5.69 Å². The van der Waals surface area contributed by atoms with E-state index in [1.165, 1.54) is 19.1 Å². The van der Waals surface area contributed by atoms with Gasteiger partial charge in [0.25, 0.3) is 0 Å². The second kappa shape index (κ2) is 4.92. The van der Waals surface area contributed by atoms with Crippen molar-refractivity contribution in [3.63, 3.8) is 0 Å². The highest BCUT2D eigenvalue weighted by Crippen LogP contribution is 2.33. The molecule has 20 heavy (non-hydrogen) atoms.